The second-order valence-electron chi connectivity index (χ2n) is 11.6. The maximum Gasteiger partial charge on any atom is 0.164 e. The molecule has 0 saturated carbocycles. The van der Waals surface area contributed by atoms with Crippen molar-refractivity contribution in [2.45, 2.75) is 0 Å². The van der Waals surface area contributed by atoms with E-state index in [4.69, 9.17) is 20.4 Å². The molecule has 0 fully saturated rings. The molecule has 0 aliphatic carbocycles. The molecule has 0 aliphatic heterocycles. The van der Waals surface area contributed by atoms with Crippen LogP contribution in [0.4, 0.5) is 0 Å². The van der Waals surface area contributed by atoms with E-state index in [0.29, 0.717) is 28.5 Å². The summed E-state index contributed by atoms with van der Waals surface area (Å²) in [6.07, 6.45) is 0. The fraction of sp³-hybridized carbons (Fsp3) is 0. The molecule has 0 spiro atoms. The molecule has 0 radical (unpaired) electrons. The van der Waals surface area contributed by atoms with Gasteiger partial charge in [0, 0.05) is 33.2 Å². The lowest BCUT2D eigenvalue weighted by atomic mass is 10.0. The molecule has 0 amide bonds. The zero-order valence-electron chi connectivity index (χ0n) is 33.1. The highest BCUT2D eigenvalue weighted by Crippen LogP contribution is 2.36. The molecule has 4 heteroatoms. The molecule has 9 rings (SSSR count). The molecule has 0 unspecified atom stereocenters. The minimum atomic E-state index is -0.462. The molecule has 0 aliphatic rings. The fourth-order valence-electron chi connectivity index (χ4n) is 6.09. The molecule has 2 heterocycles. The van der Waals surface area contributed by atoms with Crippen LogP contribution in [0.5, 0.6) is 0 Å². The Morgan fingerprint density at radius 3 is 1.39 bits per heavy atom. The summed E-state index contributed by atoms with van der Waals surface area (Å²) in [7, 11) is 0. The average molecular weight is 634 g/mol. The van der Waals surface area contributed by atoms with E-state index in [-0.39, 0.29) is 63.4 Å². The van der Waals surface area contributed by atoms with Crippen LogP contribution >= 0.6 is 0 Å². The number of nitrogens with zero attached hydrogens (tertiary/aromatic N) is 4. The highest BCUT2D eigenvalue weighted by molar-refractivity contribution is 6.10. The van der Waals surface area contributed by atoms with Gasteiger partial charge in [-0.1, -0.05) is 146 Å². The standard InChI is InChI=1S/C45H30N4/c1-4-12-31(13-5-1)33-20-22-36(23-21-33)44-46-43(35-16-8-3-9-17-35)47-45(48-44)37-26-29-42-40(30-37)39-18-10-11-19-41(39)49(42)38-27-24-34(25-28-38)32-14-6-2-7-15-32/h1-30H/i10D,11D,18D,19D,26D,29D,30D. The third kappa shape index (κ3) is 5.35. The Hall–Kier alpha value is -6.65. The Morgan fingerprint density at radius 2 is 0.796 bits per heavy atom. The van der Waals surface area contributed by atoms with E-state index in [0.717, 1.165) is 22.3 Å². The minimum absolute atomic E-state index is 0.000314. The first-order chi connectivity index (χ1) is 27.2. The molecule has 9 aromatic rings. The van der Waals surface area contributed by atoms with E-state index in [1.165, 1.54) is 0 Å². The molecule has 0 atom stereocenters. The minimum Gasteiger partial charge on any atom is -0.309 e. The number of benzene rings is 7. The van der Waals surface area contributed by atoms with Gasteiger partial charge in [-0.25, -0.2) is 15.0 Å². The number of hydrogen-bond donors (Lipinski definition) is 0. The van der Waals surface area contributed by atoms with Crippen LogP contribution in [0.15, 0.2) is 182 Å². The van der Waals surface area contributed by atoms with Crippen molar-refractivity contribution < 1.29 is 9.60 Å². The van der Waals surface area contributed by atoms with Crippen LogP contribution in [0, 0.1) is 0 Å². The summed E-state index contributed by atoms with van der Waals surface area (Å²) >= 11 is 0. The Morgan fingerprint density at radius 1 is 0.367 bits per heavy atom. The van der Waals surface area contributed by atoms with Gasteiger partial charge in [-0.2, -0.15) is 0 Å². The molecular weight excluding hydrogens is 597 g/mol. The predicted octanol–water partition coefficient (Wildman–Crippen LogP) is 11.3. The van der Waals surface area contributed by atoms with E-state index >= 15 is 0 Å². The summed E-state index contributed by atoms with van der Waals surface area (Å²) in [6.45, 7) is 0. The summed E-state index contributed by atoms with van der Waals surface area (Å²) in [6, 6.07) is 41.9. The van der Waals surface area contributed by atoms with Gasteiger partial charge >= 0.3 is 0 Å². The smallest absolute Gasteiger partial charge is 0.164 e. The van der Waals surface area contributed by atoms with Gasteiger partial charge in [-0.3, -0.25) is 0 Å². The maximum absolute atomic E-state index is 9.71. The molecule has 230 valence electrons. The first-order valence-electron chi connectivity index (χ1n) is 19.4. The van der Waals surface area contributed by atoms with Crippen LogP contribution in [0.1, 0.15) is 9.60 Å². The first kappa shape index (κ1) is 22.0. The summed E-state index contributed by atoms with van der Waals surface area (Å²) in [4.78, 5) is 14.4. The number of para-hydroxylation sites is 1. The number of hydrogen-bond acceptors (Lipinski definition) is 3. The van der Waals surface area contributed by atoms with Crippen LogP contribution in [0.3, 0.4) is 0 Å². The van der Waals surface area contributed by atoms with Gasteiger partial charge in [0.25, 0.3) is 0 Å². The molecule has 49 heavy (non-hydrogen) atoms. The summed E-state index contributed by atoms with van der Waals surface area (Å²) < 4.78 is 65.5. The van der Waals surface area contributed by atoms with Gasteiger partial charge in [0.05, 0.1) is 20.6 Å². The molecular formula is C45H30N4. The number of aromatic nitrogens is 4. The molecule has 0 N–H and O–H groups in total. The second-order valence-corrected chi connectivity index (χ2v) is 11.6. The third-order valence-corrected chi connectivity index (χ3v) is 8.53. The molecule has 0 bridgehead atoms. The van der Waals surface area contributed by atoms with Crippen LogP contribution in [-0.2, 0) is 0 Å². The lowest BCUT2D eigenvalue weighted by Crippen LogP contribution is -2.00. The van der Waals surface area contributed by atoms with Gasteiger partial charge in [0.1, 0.15) is 0 Å². The van der Waals surface area contributed by atoms with Crippen LogP contribution in [0.2, 0.25) is 0 Å². The molecule has 4 nitrogen and oxygen atoms in total. The monoisotopic (exact) mass is 633 g/mol. The second kappa shape index (κ2) is 12.2. The lowest BCUT2D eigenvalue weighted by molar-refractivity contribution is 1.07. The van der Waals surface area contributed by atoms with E-state index in [9.17, 15) is 4.11 Å². The Kier molecular flexibility index (Phi) is 5.47. The Bertz CT molecular complexity index is 2950. The Labute approximate surface area is 294 Å². The molecule has 2 aromatic heterocycles. The van der Waals surface area contributed by atoms with Gasteiger partial charge in [0.2, 0.25) is 0 Å². The predicted molar refractivity (Wildman–Crippen MR) is 201 cm³/mol. The average Bonchev–Trinajstić information content (AvgIpc) is 3.62. The maximum atomic E-state index is 9.71. The van der Waals surface area contributed by atoms with Gasteiger partial charge in [-0.15, -0.1) is 0 Å². The highest BCUT2D eigenvalue weighted by Gasteiger charge is 2.17. The van der Waals surface area contributed by atoms with Crippen molar-refractivity contribution in [2.24, 2.45) is 0 Å². The summed E-state index contributed by atoms with van der Waals surface area (Å²) in [5, 5.41) is 0.178. The van der Waals surface area contributed by atoms with Crippen molar-refractivity contribution >= 4 is 21.8 Å². The number of fused-ring (bicyclic) bond motifs is 3. The zero-order chi connectivity index (χ0) is 38.7. The van der Waals surface area contributed by atoms with E-state index in [1.54, 1.807) is 4.57 Å². The SMILES string of the molecule is [2H]c1c([2H])c([2H])c2c(c1[2H])c1c([2H])c(-c3nc(-c4ccccc4)nc(-c4ccc(-c5ccccc5)cc4)n3)c([2H])c([2H])c1n2-c1ccc(-c2ccccc2)cc1. The van der Waals surface area contributed by atoms with Gasteiger partial charge in [0.15, 0.2) is 17.5 Å². The van der Waals surface area contributed by atoms with Crippen molar-refractivity contribution in [1.29, 1.82) is 0 Å². The molecule has 7 aromatic carbocycles. The number of rotatable bonds is 6. The molecule has 0 saturated heterocycles. The Balaban J connectivity index is 1.30. The fourth-order valence-corrected chi connectivity index (χ4v) is 6.09. The van der Waals surface area contributed by atoms with E-state index < -0.39 is 12.1 Å². The van der Waals surface area contributed by atoms with Crippen molar-refractivity contribution in [3.63, 3.8) is 0 Å². The van der Waals surface area contributed by atoms with Crippen LogP contribution in [-0.4, -0.2) is 19.5 Å². The zero-order valence-corrected chi connectivity index (χ0v) is 26.1. The van der Waals surface area contributed by atoms with Crippen molar-refractivity contribution in [2.75, 3.05) is 0 Å². The largest absolute Gasteiger partial charge is 0.309 e. The first-order valence-corrected chi connectivity index (χ1v) is 15.9. The lowest BCUT2D eigenvalue weighted by Gasteiger charge is -2.11. The topological polar surface area (TPSA) is 43.6 Å². The third-order valence-electron chi connectivity index (χ3n) is 8.53. The normalized spacial score (nSPS) is 13.3. The summed E-state index contributed by atoms with van der Waals surface area (Å²) in [5.74, 6) is 0.619. The van der Waals surface area contributed by atoms with Crippen molar-refractivity contribution in [3.05, 3.63) is 182 Å². The van der Waals surface area contributed by atoms with Crippen LogP contribution in [0.25, 0.3) is 83.9 Å². The van der Waals surface area contributed by atoms with Crippen molar-refractivity contribution in [1.82, 2.24) is 19.5 Å². The quantitative estimate of drug-likeness (QED) is 0.183. The van der Waals surface area contributed by atoms with E-state index in [1.807, 2.05) is 140 Å². The van der Waals surface area contributed by atoms with Gasteiger partial charge < -0.3 is 4.57 Å². The van der Waals surface area contributed by atoms with Gasteiger partial charge in [-0.05, 0) is 58.6 Å². The van der Waals surface area contributed by atoms with Crippen LogP contribution < -0.4 is 0 Å². The highest BCUT2D eigenvalue weighted by atomic mass is 15.0. The van der Waals surface area contributed by atoms with E-state index in [2.05, 4.69) is 0 Å². The summed E-state index contributed by atoms with van der Waals surface area (Å²) in [5.41, 5.74) is 6.06. The van der Waals surface area contributed by atoms with Crippen molar-refractivity contribution in [3.8, 4) is 62.1 Å².